The lowest BCUT2D eigenvalue weighted by atomic mass is 10.1. The molecule has 1 aromatic rings. The van der Waals surface area contributed by atoms with Gasteiger partial charge in [0.25, 0.3) is 0 Å². The lowest BCUT2D eigenvalue weighted by Gasteiger charge is -2.40. The van der Waals surface area contributed by atoms with Gasteiger partial charge in [-0.05, 0) is 49.9 Å². The molecule has 1 aromatic carbocycles. The van der Waals surface area contributed by atoms with Crippen LogP contribution in [0.5, 0.6) is 5.75 Å². The van der Waals surface area contributed by atoms with E-state index < -0.39 is 10.0 Å². The Labute approximate surface area is 167 Å². The number of aryl methyl sites for hydroxylation is 2. The molecule has 0 aliphatic carbocycles. The highest BCUT2D eigenvalue weighted by Gasteiger charge is 2.35. The molecule has 2 heterocycles. The van der Waals surface area contributed by atoms with Crippen LogP contribution in [0.4, 0.5) is 0 Å². The van der Waals surface area contributed by atoms with E-state index in [0.29, 0.717) is 42.4 Å². The number of hydrogen-bond donors (Lipinski definition) is 1. The molecule has 1 unspecified atom stereocenters. The zero-order chi connectivity index (χ0) is 18.9. The van der Waals surface area contributed by atoms with Gasteiger partial charge in [-0.1, -0.05) is 0 Å². The van der Waals surface area contributed by atoms with E-state index in [9.17, 15) is 13.2 Å². The Morgan fingerprint density at radius 2 is 1.93 bits per heavy atom. The van der Waals surface area contributed by atoms with Gasteiger partial charge in [-0.2, -0.15) is 4.31 Å². The maximum Gasteiger partial charge on any atom is 0.243 e. The van der Waals surface area contributed by atoms with Crippen molar-refractivity contribution in [2.45, 2.75) is 37.6 Å². The van der Waals surface area contributed by atoms with Crippen molar-refractivity contribution in [3.63, 3.8) is 0 Å². The number of benzene rings is 1. The number of carbonyl (C=O) groups excluding carboxylic acids is 1. The summed E-state index contributed by atoms with van der Waals surface area (Å²) in [5.74, 6) is 0.737. The van der Waals surface area contributed by atoms with Crippen LogP contribution >= 0.6 is 12.4 Å². The molecule has 7 nitrogen and oxygen atoms in total. The van der Waals surface area contributed by atoms with E-state index in [1.807, 2.05) is 11.8 Å². The van der Waals surface area contributed by atoms with Crippen LogP contribution in [0.2, 0.25) is 0 Å². The number of carbonyl (C=O) groups is 1. The van der Waals surface area contributed by atoms with Crippen LogP contribution in [-0.2, 0) is 14.8 Å². The summed E-state index contributed by atoms with van der Waals surface area (Å²) in [4.78, 5) is 14.3. The van der Waals surface area contributed by atoms with Crippen molar-refractivity contribution in [3.8, 4) is 5.75 Å². The standard InChI is InChI=1S/C18H27N3O4S.ClH/c1-13-10-17(14(2)9-16(13)25-3)26(23,24)20-7-4-5-15(12-20)21-8-6-19-11-18(21)22;/h9-10,15,19H,4-8,11-12H2,1-3H3;1H. The van der Waals surface area contributed by atoms with Gasteiger partial charge in [0.1, 0.15) is 5.75 Å². The number of methoxy groups -OCH3 is 1. The molecule has 27 heavy (non-hydrogen) atoms. The zero-order valence-electron chi connectivity index (χ0n) is 16.0. The largest absolute Gasteiger partial charge is 0.496 e. The number of nitrogens with zero attached hydrogens (tertiary/aromatic N) is 2. The summed E-state index contributed by atoms with van der Waals surface area (Å²) in [5.41, 5.74) is 1.47. The summed E-state index contributed by atoms with van der Waals surface area (Å²) in [6.07, 6.45) is 1.60. The highest BCUT2D eigenvalue weighted by Crippen LogP contribution is 2.30. The van der Waals surface area contributed by atoms with E-state index in [0.717, 1.165) is 24.9 Å². The second-order valence-electron chi connectivity index (χ2n) is 7.01. The first-order valence-corrected chi connectivity index (χ1v) is 10.4. The van der Waals surface area contributed by atoms with Gasteiger partial charge < -0.3 is 15.0 Å². The van der Waals surface area contributed by atoms with E-state index in [4.69, 9.17) is 4.74 Å². The monoisotopic (exact) mass is 417 g/mol. The molecule has 3 rings (SSSR count). The molecule has 152 valence electrons. The van der Waals surface area contributed by atoms with E-state index in [1.165, 1.54) is 4.31 Å². The minimum atomic E-state index is -3.61. The molecule has 0 radical (unpaired) electrons. The van der Waals surface area contributed by atoms with Gasteiger partial charge in [-0.25, -0.2) is 8.42 Å². The highest BCUT2D eigenvalue weighted by atomic mass is 35.5. The number of ether oxygens (including phenoxy) is 1. The Hall–Kier alpha value is -1.35. The first kappa shape index (κ1) is 21.9. The summed E-state index contributed by atoms with van der Waals surface area (Å²) < 4.78 is 33.3. The van der Waals surface area contributed by atoms with E-state index in [2.05, 4.69) is 5.32 Å². The van der Waals surface area contributed by atoms with Gasteiger partial charge in [0.2, 0.25) is 15.9 Å². The molecule has 0 saturated carbocycles. The molecule has 9 heteroatoms. The summed E-state index contributed by atoms with van der Waals surface area (Å²) in [6, 6.07) is 3.40. The number of amides is 1. The molecular weight excluding hydrogens is 390 g/mol. The maximum absolute atomic E-state index is 13.2. The first-order valence-electron chi connectivity index (χ1n) is 9.00. The normalized spacial score (nSPS) is 21.7. The number of rotatable bonds is 4. The van der Waals surface area contributed by atoms with Crippen molar-refractivity contribution in [2.75, 3.05) is 39.8 Å². The number of nitrogens with one attached hydrogen (secondary N) is 1. The number of halogens is 1. The van der Waals surface area contributed by atoms with Crippen LogP contribution in [0.15, 0.2) is 17.0 Å². The third kappa shape index (κ3) is 4.39. The van der Waals surface area contributed by atoms with Crippen LogP contribution in [0, 0.1) is 13.8 Å². The van der Waals surface area contributed by atoms with Crippen LogP contribution in [-0.4, -0.2) is 69.4 Å². The molecule has 2 saturated heterocycles. The first-order chi connectivity index (χ1) is 12.3. The second kappa shape index (κ2) is 8.77. The predicted octanol–water partition coefficient (Wildman–Crippen LogP) is 1.32. The summed E-state index contributed by atoms with van der Waals surface area (Å²) in [5, 5.41) is 3.06. The Balaban J connectivity index is 0.00000261. The lowest BCUT2D eigenvalue weighted by molar-refractivity contribution is -0.135. The Kier molecular flexibility index (Phi) is 7.13. The van der Waals surface area contributed by atoms with Crippen LogP contribution in [0.25, 0.3) is 0 Å². The smallest absolute Gasteiger partial charge is 0.243 e. The molecule has 2 fully saturated rings. The molecule has 2 aliphatic heterocycles. The number of hydrogen-bond acceptors (Lipinski definition) is 5. The minimum Gasteiger partial charge on any atom is -0.496 e. The number of piperazine rings is 1. The number of sulfonamides is 1. The molecule has 1 N–H and O–H groups in total. The van der Waals surface area contributed by atoms with Gasteiger partial charge in [-0.15, -0.1) is 12.4 Å². The van der Waals surface area contributed by atoms with Gasteiger partial charge >= 0.3 is 0 Å². The maximum atomic E-state index is 13.2. The topological polar surface area (TPSA) is 79.0 Å². The summed E-state index contributed by atoms with van der Waals surface area (Å²) in [7, 11) is -2.03. The highest BCUT2D eigenvalue weighted by molar-refractivity contribution is 7.89. The van der Waals surface area contributed by atoms with Crippen LogP contribution < -0.4 is 10.1 Å². The molecule has 0 spiro atoms. The van der Waals surface area contributed by atoms with Gasteiger partial charge in [0, 0.05) is 32.2 Å². The molecule has 0 aromatic heterocycles. The Bertz CT molecular complexity index is 800. The SMILES string of the molecule is COc1cc(C)c(S(=O)(=O)N2CCCC(N3CCNCC3=O)C2)cc1C.Cl. The zero-order valence-corrected chi connectivity index (χ0v) is 17.7. The average molecular weight is 418 g/mol. The predicted molar refractivity (Wildman–Crippen MR) is 106 cm³/mol. The molecule has 1 amide bonds. The molecular formula is C18H28ClN3O4S. The van der Waals surface area contributed by atoms with Crippen LogP contribution in [0.1, 0.15) is 24.0 Å². The Morgan fingerprint density at radius 3 is 2.59 bits per heavy atom. The fraction of sp³-hybridized carbons (Fsp3) is 0.611. The van der Waals surface area contributed by atoms with Crippen molar-refractivity contribution in [2.24, 2.45) is 0 Å². The van der Waals surface area contributed by atoms with Crippen molar-refractivity contribution >= 4 is 28.3 Å². The number of piperidine rings is 1. The molecule has 2 aliphatic rings. The summed E-state index contributed by atoms with van der Waals surface area (Å²) in [6.45, 7) is 6.21. The summed E-state index contributed by atoms with van der Waals surface area (Å²) >= 11 is 0. The third-order valence-electron chi connectivity index (χ3n) is 5.24. The van der Waals surface area contributed by atoms with E-state index >= 15 is 0 Å². The van der Waals surface area contributed by atoms with Gasteiger partial charge in [0.15, 0.2) is 0 Å². The van der Waals surface area contributed by atoms with Crippen molar-refractivity contribution in [3.05, 3.63) is 23.3 Å². The fourth-order valence-corrected chi connectivity index (χ4v) is 5.61. The van der Waals surface area contributed by atoms with Crippen LogP contribution in [0.3, 0.4) is 0 Å². The molecule has 1 atom stereocenters. The Morgan fingerprint density at radius 1 is 1.19 bits per heavy atom. The van der Waals surface area contributed by atoms with Gasteiger partial charge in [-0.3, -0.25) is 4.79 Å². The second-order valence-corrected chi connectivity index (χ2v) is 8.92. The van der Waals surface area contributed by atoms with Crippen molar-refractivity contribution in [1.29, 1.82) is 0 Å². The molecule has 0 bridgehead atoms. The quantitative estimate of drug-likeness (QED) is 0.799. The lowest BCUT2D eigenvalue weighted by Crippen LogP contribution is -2.57. The van der Waals surface area contributed by atoms with Crippen molar-refractivity contribution in [1.82, 2.24) is 14.5 Å². The third-order valence-corrected chi connectivity index (χ3v) is 7.24. The van der Waals surface area contributed by atoms with Gasteiger partial charge in [0.05, 0.1) is 18.6 Å². The average Bonchev–Trinajstić information content (AvgIpc) is 2.63. The van der Waals surface area contributed by atoms with E-state index in [-0.39, 0.29) is 24.4 Å². The van der Waals surface area contributed by atoms with Crippen molar-refractivity contribution < 1.29 is 17.9 Å². The van der Waals surface area contributed by atoms with E-state index in [1.54, 1.807) is 26.2 Å². The minimum absolute atomic E-state index is 0. The fourth-order valence-electron chi connectivity index (χ4n) is 3.80.